The van der Waals surface area contributed by atoms with Crippen LogP contribution in [-0.2, 0) is 9.53 Å². The fraction of sp³-hybridized carbons (Fsp3) is 0.364. The molecule has 0 aromatic heterocycles. The van der Waals surface area contributed by atoms with Crippen LogP contribution in [0.25, 0.3) is 0 Å². The Morgan fingerprint density at radius 1 is 1.53 bits per heavy atom. The topological polar surface area (TPSA) is 26.3 Å². The molecule has 4 heteroatoms. The third-order valence-electron chi connectivity index (χ3n) is 2.01. The molecule has 0 aliphatic heterocycles. The third kappa shape index (κ3) is 2.75. The Morgan fingerprint density at radius 2 is 2.20 bits per heavy atom. The van der Waals surface area contributed by atoms with Crippen LogP contribution < -0.4 is 0 Å². The molecule has 15 heavy (non-hydrogen) atoms. The third-order valence-corrected chi connectivity index (χ3v) is 2.01. The molecule has 0 aliphatic rings. The molecule has 0 saturated carbocycles. The first-order valence-corrected chi connectivity index (χ1v) is 4.63. The van der Waals surface area contributed by atoms with E-state index in [-0.39, 0.29) is 12.2 Å². The van der Waals surface area contributed by atoms with Crippen molar-refractivity contribution in [2.45, 2.75) is 20.0 Å². The van der Waals surface area contributed by atoms with Gasteiger partial charge in [-0.15, -0.1) is 0 Å². The smallest absolute Gasteiger partial charge is 0.345 e. The molecule has 0 spiro atoms. The number of carbonyl (C=O) groups excluding carboxylic acids is 1. The van der Waals surface area contributed by atoms with Crippen molar-refractivity contribution in [1.29, 1.82) is 0 Å². The van der Waals surface area contributed by atoms with E-state index in [0.717, 1.165) is 6.07 Å². The van der Waals surface area contributed by atoms with E-state index >= 15 is 0 Å². The lowest BCUT2D eigenvalue weighted by atomic mass is 10.0. The van der Waals surface area contributed by atoms with Crippen molar-refractivity contribution in [3.05, 3.63) is 35.1 Å². The van der Waals surface area contributed by atoms with E-state index in [9.17, 15) is 13.6 Å². The number of esters is 1. The van der Waals surface area contributed by atoms with Gasteiger partial charge in [-0.05, 0) is 31.5 Å². The Bertz CT molecular complexity index is 364. The maximum absolute atomic E-state index is 13.5. The molecule has 0 fully saturated rings. The Hall–Kier alpha value is -1.45. The van der Waals surface area contributed by atoms with E-state index in [4.69, 9.17) is 0 Å². The van der Waals surface area contributed by atoms with Crippen molar-refractivity contribution in [3.8, 4) is 0 Å². The van der Waals surface area contributed by atoms with Crippen molar-refractivity contribution in [1.82, 2.24) is 0 Å². The van der Waals surface area contributed by atoms with E-state index in [1.807, 2.05) is 0 Å². The Labute approximate surface area is 86.9 Å². The van der Waals surface area contributed by atoms with Crippen LogP contribution in [0, 0.1) is 12.7 Å². The van der Waals surface area contributed by atoms with Gasteiger partial charge in [-0.1, -0.05) is 6.07 Å². The quantitative estimate of drug-likeness (QED) is 0.723. The van der Waals surface area contributed by atoms with E-state index < -0.39 is 18.0 Å². The van der Waals surface area contributed by atoms with Crippen LogP contribution in [0.5, 0.6) is 0 Å². The predicted molar refractivity (Wildman–Crippen MR) is 51.6 cm³/mol. The molecule has 0 saturated heterocycles. The summed E-state index contributed by atoms with van der Waals surface area (Å²) in [7, 11) is 0. The largest absolute Gasteiger partial charge is 0.464 e. The summed E-state index contributed by atoms with van der Waals surface area (Å²) in [6.07, 6.45) is -1.92. The lowest BCUT2D eigenvalue weighted by Gasteiger charge is -2.10. The highest BCUT2D eigenvalue weighted by molar-refractivity contribution is 5.76. The Morgan fingerprint density at radius 3 is 2.80 bits per heavy atom. The van der Waals surface area contributed by atoms with Crippen LogP contribution in [0.15, 0.2) is 18.2 Å². The lowest BCUT2D eigenvalue weighted by molar-refractivity contribution is -0.149. The van der Waals surface area contributed by atoms with E-state index in [1.165, 1.54) is 12.1 Å². The van der Waals surface area contributed by atoms with Crippen molar-refractivity contribution in [3.63, 3.8) is 0 Å². The highest BCUT2D eigenvalue weighted by atomic mass is 19.1. The second-order valence-electron chi connectivity index (χ2n) is 3.12. The van der Waals surface area contributed by atoms with Gasteiger partial charge in [0.05, 0.1) is 6.61 Å². The van der Waals surface area contributed by atoms with Crippen molar-refractivity contribution >= 4 is 5.97 Å². The molecule has 0 radical (unpaired) electrons. The summed E-state index contributed by atoms with van der Waals surface area (Å²) in [6, 6.07) is 3.66. The van der Waals surface area contributed by atoms with Gasteiger partial charge in [-0.2, -0.15) is 0 Å². The maximum Gasteiger partial charge on any atom is 0.345 e. The zero-order chi connectivity index (χ0) is 11.4. The minimum atomic E-state index is -1.92. The van der Waals surface area contributed by atoms with Crippen molar-refractivity contribution in [2.24, 2.45) is 0 Å². The van der Waals surface area contributed by atoms with Crippen LogP contribution in [0.2, 0.25) is 0 Å². The summed E-state index contributed by atoms with van der Waals surface area (Å²) in [4.78, 5) is 11.1. The molecule has 82 valence electrons. The van der Waals surface area contributed by atoms with Gasteiger partial charge in [0.1, 0.15) is 5.82 Å². The number of carbonyl (C=O) groups is 1. The van der Waals surface area contributed by atoms with E-state index in [0.29, 0.717) is 5.56 Å². The summed E-state index contributed by atoms with van der Waals surface area (Å²) in [5.74, 6) is -1.55. The fourth-order valence-electron chi connectivity index (χ4n) is 1.23. The number of ether oxygens (including phenoxy) is 1. The first kappa shape index (κ1) is 11.6. The number of hydrogen-bond acceptors (Lipinski definition) is 2. The SMILES string of the molecule is CCOC(=O)C(F)c1cc(F)ccc1C. The summed E-state index contributed by atoms with van der Waals surface area (Å²) in [5.41, 5.74) is 0.547. The van der Waals surface area contributed by atoms with Crippen molar-refractivity contribution < 1.29 is 18.3 Å². The van der Waals surface area contributed by atoms with Gasteiger partial charge in [0, 0.05) is 5.56 Å². The highest BCUT2D eigenvalue weighted by Gasteiger charge is 2.22. The molecule has 0 bridgehead atoms. The molecular formula is C11H12F2O2. The summed E-state index contributed by atoms with van der Waals surface area (Å²) in [5, 5.41) is 0. The average Bonchev–Trinajstić information content (AvgIpc) is 2.21. The Balaban J connectivity index is 2.94. The first-order valence-electron chi connectivity index (χ1n) is 4.63. The minimum Gasteiger partial charge on any atom is -0.464 e. The zero-order valence-electron chi connectivity index (χ0n) is 8.59. The number of aryl methyl sites for hydroxylation is 1. The van der Waals surface area contributed by atoms with Gasteiger partial charge >= 0.3 is 5.97 Å². The van der Waals surface area contributed by atoms with Gasteiger partial charge < -0.3 is 4.74 Å². The number of alkyl halides is 1. The van der Waals surface area contributed by atoms with E-state index in [2.05, 4.69) is 4.74 Å². The summed E-state index contributed by atoms with van der Waals surface area (Å²) in [6.45, 7) is 3.30. The molecule has 1 aromatic rings. The second kappa shape index (κ2) is 4.87. The molecule has 0 heterocycles. The standard InChI is InChI=1S/C11H12F2O2/c1-3-15-11(14)10(13)9-6-8(12)5-4-7(9)2/h4-6,10H,3H2,1-2H3. The van der Waals surface area contributed by atoms with Gasteiger partial charge in [0.25, 0.3) is 0 Å². The van der Waals surface area contributed by atoms with Gasteiger partial charge in [0.15, 0.2) is 0 Å². The van der Waals surface area contributed by atoms with Crippen LogP contribution in [0.3, 0.4) is 0 Å². The number of benzene rings is 1. The summed E-state index contributed by atoms with van der Waals surface area (Å²) < 4.78 is 30.9. The van der Waals surface area contributed by atoms with Crippen LogP contribution in [0.1, 0.15) is 24.2 Å². The molecule has 1 aromatic carbocycles. The molecule has 1 rings (SSSR count). The first-order chi connectivity index (χ1) is 7.06. The molecule has 2 nitrogen and oxygen atoms in total. The zero-order valence-corrected chi connectivity index (χ0v) is 8.59. The van der Waals surface area contributed by atoms with Gasteiger partial charge in [-0.3, -0.25) is 0 Å². The van der Waals surface area contributed by atoms with E-state index in [1.54, 1.807) is 13.8 Å². The highest BCUT2D eigenvalue weighted by Crippen LogP contribution is 2.23. The predicted octanol–water partition coefficient (Wildman–Crippen LogP) is 2.71. The fourth-order valence-corrected chi connectivity index (χ4v) is 1.23. The van der Waals surface area contributed by atoms with Crippen molar-refractivity contribution in [2.75, 3.05) is 6.61 Å². The normalized spacial score (nSPS) is 12.3. The van der Waals surface area contributed by atoms with Gasteiger partial charge in [-0.25, -0.2) is 13.6 Å². The molecular weight excluding hydrogens is 202 g/mol. The second-order valence-corrected chi connectivity index (χ2v) is 3.12. The molecule has 0 aliphatic carbocycles. The monoisotopic (exact) mass is 214 g/mol. The van der Waals surface area contributed by atoms with Gasteiger partial charge in [0.2, 0.25) is 6.17 Å². The maximum atomic E-state index is 13.5. The number of hydrogen-bond donors (Lipinski definition) is 0. The van der Waals surface area contributed by atoms with Crippen LogP contribution >= 0.6 is 0 Å². The molecule has 1 atom stereocenters. The summed E-state index contributed by atoms with van der Waals surface area (Å²) >= 11 is 0. The molecule has 0 N–H and O–H groups in total. The minimum absolute atomic E-state index is 0.0217. The Kier molecular flexibility index (Phi) is 3.77. The number of halogens is 2. The molecule has 1 unspecified atom stereocenters. The van der Waals surface area contributed by atoms with Crippen LogP contribution in [-0.4, -0.2) is 12.6 Å². The van der Waals surface area contributed by atoms with Crippen LogP contribution in [0.4, 0.5) is 8.78 Å². The number of rotatable bonds is 3. The molecule has 0 amide bonds. The average molecular weight is 214 g/mol. The lowest BCUT2D eigenvalue weighted by Crippen LogP contribution is -2.13.